The van der Waals surface area contributed by atoms with E-state index in [9.17, 15) is 18.0 Å². The maximum absolute atomic E-state index is 12.2. The Kier molecular flexibility index (Phi) is 5.48. The molecule has 27 heavy (non-hydrogen) atoms. The molecule has 2 heterocycles. The summed E-state index contributed by atoms with van der Waals surface area (Å²) in [6.45, 7) is 5.85. The van der Waals surface area contributed by atoms with Crippen LogP contribution in [0.1, 0.15) is 31.1 Å². The summed E-state index contributed by atoms with van der Waals surface area (Å²) in [5, 5.41) is 3.16. The highest BCUT2D eigenvalue weighted by atomic mass is 32.2. The molecule has 0 saturated carbocycles. The minimum atomic E-state index is -3.43. The number of hydrogen-bond acceptors (Lipinski definition) is 7. The highest BCUT2D eigenvalue weighted by Gasteiger charge is 2.33. The summed E-state index contributed by atoms with van der Waals surface area (Å²) < 4.78 is 32.2. The number of hydrogen-bond donors (Lipinski definition) is 1. The molecule has 8 nitrogen and oxygen atoms in total. The zero-order chi connectivity index (χ0) is 19.8. The predicted octanol–water partition coefficient (Wildman–Crippen LogP) is 1.62. The largest absolute Gasteiger partial charge is 0.452 e. The van der Waals surface area contributed by atoms with Gasteiger partial charge in [0.25, 0.3) is 15.9 Å². The molecule has 1 N–H and O–H groups in total. The number of anilines is 1. The third-order valence-electron chi connectivity index (χ3n) is 4.43. The minimum Gasteiger partial charge on any atom is -0.452 e. The Labute approximate surface area is 162 Å². The number of nitrogens with zero attached hydrogens (tertiary/aromatic N) is 2. The lowest BCUT2D eigenvalue weighted by molar-refractivity contribution is -0.125. The third-order valence-corrected chi connectivity index (χ3v) is 6.74. The number of carbonyl (C=O) groups is 2. The van der Waals surface area contributed by atoms with E-state index in [0.717, 1.165) is 10.6 Å². The Morgan fingerprint density at radius 3 is 2.78 bits per heavy atom. The first kappa shape index (κ1) is 19.7. The average Bonchev–Trinajstić information content (AvgIpc) is 2.94. The number of esters is 1. The number of thioether (sulfide) groups is 1. The molecule has 1 atom stereocenters. The van der Waals surface area contributed by atoms with Crippen LogP contribution in [0, 0.1) is 5.92 Å². The van der Waals surface area contributed by atoms with Gasteiger partial charge in [-0.15, -0.1) is 4.40 Å². The summed E-state index contributed by atoms with van der Waals surface area (Å²) in [5.41, 5.74) is 1.11. The molecule has 0 saturated heterocycles. The first-order valence-corrected chi connectivity index (χ1v) is 11.0. The molecule has 2 aliphatic rings. The van der Waals surface area contributed by atoms with E-state index in [1.165, 1.54) is 11.8 Å². The van der Waals surface area contributed by atoms with Gasteiger partial charge in [0.2, 0.25) is 0 Å². The summed E-state index contributed by atoms with van der Waals surface area (Å²) in [4.78, 5) is 26.6. The molecule has 1 amide bonds. The Morgan fingerprint density at radius 1 is 1.33 bits per heavy atom. The standard InChI is InChI=1S/C17H21N3O5S2/c1-10(2)11(3)18-15(21)9-25-16(22)12-4-5-13-14(8-12)26-17-19-27(23,24)7-6-20(13)17/h4-5,8,10-11H,6-7,9H2,1-3H3,(H,18,21)/t11-/m0/s1. The van der Waals surface area contributed by atoms with Gasteiger partial charge in [-0.05, 0) is 42.8 Å². The lowest BCUT2D eigenvalue weighted by atomic mass is 10.1. The van der Waals surface area contributed by atoms with Gasteiger partial charge in [-0.25, -0.2) is 13.2 Å². The normalized spacial score (nSPS) is 18.4. The molecule has 0 spiro atoms. The number of rotatable bonds is 5. The number of fused-ring (bicyclic) bond motifs is 3. The smallest absolute Gasteiger partial charge is 0.338 e. The molecule has 2 aliphatic heterocycles. The van der Waals surface area contributed by atoms with E-state index in [2.05, 4.69) is 9.71 Å². The van der Waals surface area contributed by atoms with Crippen molar-refractivity contribution < 1.29 is 22.7 Å². The summed E-state index contributed by atoms with van der Waals surface area (Å²) in [6, 6.07) is 4.95. The number of nitrogens with one attached hydrogen (secondary N) is 1. The van der Waals surface area contributed by atoms with Crippen molar-refractivity contribution in [3.05, 3.63) is 23.8 Å². The third kappa shape index (κ3) is 4.44. The number of benzene rings is 1. The molecular weight excluding hydrogens is 390 g/mol. The molecule has 0 unspecified atom stereocenters. The molecule has 3 rings (SSSR count). The van der Waals surface area contributed by atoms with Crippen molar-refractivity contribution in [2.24, 2.45) is 10.3 Å². The monoisotopic (exact) mass is 411 g/mol. The second-order valence-corrected chi connectivity index (χ2v) is 9.54. The van der Waals surface area contributed by atoms with Crippen LogP contribution in [-0.2, 0) is 19.6 Å². The molecule has 0 fully saturated rings. The summed E-state index contributed by atoms with van der Waals surface area (Å²) in [5.74, 6) is -0.713. The van der Waals surface area contributed by atoms with Crippen LogP contribution >= 0.6 is 11.8 Å². The molecule has 1 aromatic carbocycles. The van der Waals surface area contributed by atoms with E-state index in [4.69, 9.17) is 4.74 Å². The van der Waals surface area contributed by atoms with E-state index >= 15 is 0 Å². The lowest BCUT2D eigenvalue weighted by Crippen LogP contribution is -2.38. The predicted molar refractivity (Wildman–Crippen MR) is 104 cm³/mol. The van der Waals surface area contributed by atoms with Gasteiger partial charge in [-0.1, -0.05) is 13.8 Å². The maximum atomic E-state index is 12.2. The van der Waals surface area contributed by atoms with Crippen LogP contribution in [0.2, 0.25) is 0 Å². The van der Waals surface area contributed by atoms with Gasteiger partial charge in [0.05, 0.1) is 17.0 Å². The van der Waals surface area contributed by atoms with Crippen LogP contribution in [0.15, 0.2) is 27.5 Å². The second-order valence-electron chi connectivity index (χ2n) is 6.77. The van der Waals surface area contributed by atoms with Crippen molar-refractivity contribution >= 4 is 44.5 Å². The summed E-state index contributed by atoms with van der Waals surface area (Å²) >= 11 is 1.20. The number of carbonyl (C=O) groups excluding carboxylic acids is 2. The Balaban J connectivity index is 1.65. The van der Waals surface area contributed by atoms with Crippen molar-refractivity contribution in [2.75, 3.05) is 23.8 Å². The Bertz CT molecular complexity index is 911. The van der Waals surface area contributed by atoms with Gasteiger partial charge >= 0.3 is 5.97 Å². The molecule has 0 aromatic heterocycles. The van der Waals surface area contributed by atoms with Crippen molar-refractivity contribution in [3.8, 4) is 0 Å². The van der Waals surface area contributed by atoms with E-state index in [0.29, 0.717) is 17.3 Å². The van der Waals surface area contributed by atoms with Gasteiger partial charge in [0.1, 0.15) is 0 Å². The van der Waals surface area contributed by atoms with Gasteiger partial charge in [0.15, 0.2) is 11.8 Å². The minimum absolute atomic E-state index is 0.0120. The zero-order valence-corrected chi connectivity index (χ0v) is 16.9. The molecule has 0 aliphatic carbocycles. The number of amidine groups is 1. The van der Waals surface area contributed by atoms with Crippen LogP contribution in [0.5, 0.6) is 0 Å². The van der Waals surface area contributed by atoms with Crippen molar-refractivity contribution in [1.29, 1.82) is 0 Å². The molecule has 10 heteroatoms. The van der Waals surface area contributed by atoms with Gasteiger partial charge in [-0.2, -0.15) is 0 Å². The zero-order valence-electron chi connectivity index (χ0n) is 15.3. The fraction of sp³-hybridized carbons (Fsp3) is 0.471. The highest BCUT2D eigenvalue weighted by molar-refractivity contribution is 8.15. The van der Waals surface area contributed by atoms with Crippen LogP contribution in [0.4, 0.5) is 5.69 Å². The van der Waals surface area contributed by atoms with Gasteiger partial charge < -0.3 is 15.0 Å². The maximum Gasteiger partial charge on any atom is 0.338 e. The first-order valence-electron chi connectivity index (χ1n) is 8.55. The average molecular weight is 412 g/mol. The quantitative estimate of drug-likeness (QED) is 0.734. The summed E-state index contributed by atoms with van der Waals surface area (Å²) in [7, 11) is -3.43. The van der Waals surface area contributed by atoms with E-state index in [1.807, 2.05) is 25.7 Å². The van der Waals surface area contributed by atoms with Crippen molar-refractivity contribution in [3.63, 3.8) is 0 Å². The van der Waals surface area contributed by atoms with Gasteiger partial charge in [-0.3, -0.25) is 4.79 Å². The number of amides is 1. The second kappa shape index (κ2) is 7.51. The molecule has 1 aromatic rings. The summed E-state index contributed by atoms with van der Waals surface area (Å²) in [6.07, 6.45) is 0. The van der Waals surface area contributed by atoms with Crippen LogP contribution in [0.3, 0.4) is 0 Å². The van der Waals surface area contributed by atoms with Gasteiger partial charge in [0, 0.05) is 17.5 Å². The van der Waals surface area contributed by atoms with Crippen LogP contribution in [-0.4, -0.2) is 50.4 Å². The lowest BCUT2D eigenvalue weighted by Gasteiger charge is -2.22. The van der Waals surface area contributed by atoms with Crippen molar-refractivity contribution in [1.82, 2.24) is 5.32 Å². The Hall–Kier alpha value is -2.07. The first-order chi connectivity index (χ1) is 12.7. The number of ether oxygens (including phenoxy) is 1. The van der Waals surface area contributed by atoms with Crippen LogP contribution < -0.4 is 10.2 Å². The van der Waals surface area contributed by atoms with E-state index in [-0.39, 0.29) is 30.2 Å². The Morgan fingerprint density at radius 2 is 2.07 bits per heavy atom. The van der Waals surface area contributed by atoms with E-state index < -0.39 is 16.0 Å². The van der Waals surface area contributed by atoms with Crippen molar-refractivity contribution in [2.45, 2.75) is 31.7 Å². The molecular formula is C17H21N3O5S2. The number of sulfonamides is 1. The fourth-order valence-corrected chi connectivity index (χ4v) is 4.83. The fourth-order valence-electron chi connectivity index (χ4n) is 2.53. The van der Waals surface area contributed by atoms with Crippen LogP contribution in [0.25, 0.3) is 0 Å². The van der Waals surface area contributed by atoms with E-state index in [1.54, 1.807) is 18.2 Å². The SMILES string of the molecule is CC(C)[C@H](C)NC(=O)COC(=O)c1ccc2c(c1)SC1=NS(=O)(=O)CCN12. The molecule has 146 valence electrons. The topological polar surface area (TPSA) is 105 Å². The highest BCUT2D eigenvalue weighted by Crippen LogP contribution is 2.42. The molecule has 0 radical (unpaired) electrons. The molecule has 0 bridgehead atoms.